The summed E-state index contributed by atoms with van der Waals surface area (Å²) in [6, 6.07) is 0. The van der Waals surface area contributed by atoms with Gasteiger partial charge in [0.15, 0.2) is 0 Å². The molecule has 3 unspecified atom stereocenters. The Balaban J connectivity index is 3.65. The maximum atomic E-state index is 10.6. The summed E-state index contributed by atoms with van der Waals surface area (Å²) in [5, 5.41) is 0. The van der Waals surface area contributed by atoms with Gasteiger partial charge in [-0.25, -0.2) is 4.57 Å². The van der Waals surface area contributed by atoms with Gasteiger partial charge in [0.05, 0.1) is 38.1 Å². The summed E-state index contributed by atoms with van der Waals surface area (Å²) in [6.45, 7) is 9.18. The van der Waals surface area contributed by atoms with E-state index >= 15 is 0 Å². The summed E-state index contributed by atoms with van der Waals surface area (Å²) in [4.78, 5) is 17.3. The number of ether oxygens (including phenoxy) is 3. The molecule has 128 valence electrons. The van der Waals surface area contributed by atoms with Crippen LogP contribution in [0.5, 0.6) is 0 Å². The second kappa shape index (κ2) is 11.5. The molecule has 0 aliphatic rings. The highest BCUT2D eigenvalue weighted by molar-refractivity contribution is 7.46. The third-order valence-electron chi connectivity index (χ3n) is 2.54. The van der Waals surface area contributed by atoms with Crippen LogP contribution in [-0.2, 0) is 23.3 Å². The van der Waals surface area contributed by atoms with Crippen LogP contribution in [0.4, 0.5) is 0 Å². The van der Waals surface area contributed by atoms with Gasteiger partial charge in [-0.2, -0.15) is 0 Å². The van der Waals surface area contributed by atoms with E-state index in [2.05, 4.69) is 11.4 Å². The Labute approximate surface area is 127 Å². The maximum absolute atomic E-state index is 10.6. The van der Waals surface area contributed by atoms with Crippen molar-refractivity contribution in [1.29, 1.82) is 0 Å². The first-order valence-corrected chi connectivity index (χ1v) is 8.82. The van der Waals surface area contributed by atoms with Crippen molar-refractivity contribution >= 4 is 7.82 Å². The second-order valence-corrected chi connectivity index (χ2v) is 6.31. The molecule has 3 atom stereocenters. The number of hydrogen-bond acceptors (Lipinski definition) is 5. The van der Waals surface area contributed by atoms with Gasteiger partial charge in [0, 0.05) is 6.61 Å². The number of hydrogen-bond donors (Lipinski definition) is 2. The number of unbranched alkanes of at least 4 members (excludes halogenated alkanes) is 1. The quantitative estimate of drug-likeness (QED) is 0.395. The standard InChI is InChI=1S/C13H29O7P/c1-5-6-7-17-8-11(2)18-9-12(3)19-10-13(4)20-21(14,15)16/h11-13H,5-10H2,1-4H3,(H2,14,15,16). The summed E-state index contributed by atoms with van der Waals surface area (Å²) in [5.41, 5.74) is 0. The lowest BCUT2D eigenvalue weighted by atomic mass is 10.3. The minimum Gasteiger partial charge on any atom is -0.379 e. The van der Waals surface area contributed by atoms with E-state index in [1.54, 1.807) is 0 Å². The molecule has 0 spiro atoms. The number of rotatable bonds is 13. The van der Waals surface area contributed by atoms with Crippen molar-refractivity contribution < 1.29 is 33.1 Å². The van der Waals surface area contributed by atoms with Crippen molar-refractivity contribution in [1.82, 2.24) is 0 Å². The van der Waals surface area contributed by atoms with Gasteiger partial charge >= 0.3 is 7.82 Å². The SMILES string of the molecule is CCCCOCC(C)OCC(C)OCC(C)OP(=O)(O)O. The van der Waals surface area contributed by atoms with Crippen molar-refractivity contribution in [3.8, 4) is 0 Å². The molecule has 0 fully saturated rings. The van der Waals surface area contributed by atoms with Crippen LogP contribution in [0.25, 0.3) is 0 Å². The van der Waals surface area contributed by atoms with E-state index < -0.39 is 13.9 Å². The first kappa shape index (κ1) is 21.0. The van der Waals surface area contributed by atoms with Crippen molar-refractivity contribution in [2.45, 2.75) is 58.8 Å². The van der Waals surface area contributed by atoms with Gasteiger partial charge in [-0.05, 0) is 27.2 Å². The highest BCUT2D eigenvalue weighted by Crippen LogP contribution is 2.37. The summed E-state index contributed by atoms with van der Waals surface area (Å²) in [7, 11) is -4.46. The van der Waals surface area contributed by atoms with Gasteiger partial charge in [0.1, 0.15) is 0 Å². The van der Waals surface area contributed by atoms with Crippen LogP contribution in [0, 0.1) is 0 Å². The fourth-order valence-electron chi connectivity index (χ4n) is 1.46. The van der Waals surface area contributed by atoms with Crippen molar-refractivity contribution in [3.05, 3.63) is 0 Å². The Morgan fingerprint density at radius 2 is 1.48 bits per heavy atom. The van der Waals surface area contributed by atoms with Gasteiger partial charge in [-0.3, -0.25) is 4.52 Å². The molecule has 0 aromatic carbocycles. The van der Waals surface area contributed by atoms with E-state index in [1.807, 2.05) is 13.8 Å². The fourth-order valence-corrected chi connectivity index (χ4v) is 1.99. The molecule has 2 N–H and O–H groups in total. The molecule has 0 aromatic rings. The molecule has 0 saturated carbocycles. The molecule has 0 heterocycles. The topological polar surface area (TPSA) is 94.5 Å². The molecule has 0 aliphatic heterocycles. The predicted octanol–water partition coefficient (Wildman–Crippen LogP) is 2.11. The lowest BCUT2D eigenvalue weighted by Gasteiger charge is -2.20. The Morgan fingerprint density at radius 1 is 0.952 bits per heavy atom. The van der Waals surface area contributed by atoms with E-state index in [4.69, 9.17) is 24.0 Å². The smallest absolute Gasteiger partial charge is 0.379 e. The van der Waals surface area contributed by atoms with E-state index in [-0.39, 0.29) is 18.8 Å². The van der Waals surface area contributed by atoms with Crippen LogP contribution >= 0.6 is 7.82 Å². The molecule has 0 aliphatic carbocycles. The van der Waals surface area contributed by atoms with Gasteiger partial charge in [0.2, 0.25) is 0 Å². The van der Waals surface area contributed by atoms with Crippen molar-refractivity contribution in [2.75, 3.05) is 26.4 Å². The molecule has 0 aromatic heterocycles. The van der Waals surface area contributed by atoms with Gasteiger partial charge in [-0.15, -0.1) is 0 Å². The minimum absolute atomic E-state index is 0.0170. The lowest BCUT2D eigenvalue weighted by molar-refractivity contribution is -0.0694. The number of phosphoric acid groups is 1. The normalized spacial score (nSPS) is 16.7. The monoisotopic (exact) mass is 328 g/mol. The lowest BCUT2D eigenvalue weighted by Crippen LogP contribution is -2.26. The van der Waals surface area contributed by atoms with Crippen molar-refractivity contribution in [2.24, 2.45) is 0 Å². The molecule has 0 rings (SSSR count). The molecule has 21 heavy (non-hydrogen) atoms. The average molecular weight is 328 g/mol. The average Bonchev–Trinajstić information content (AvgIpc) is 2.37. The molecular formula is C13H29O7P. The molecule has 0 radical (unpaired) electrons. The molecular weight excluding hydrogens is 299 g/mol. The van der Waals surface area contributed by atoms with Crippen LogP contribution in [0.2, 0.25) is 0 Å². The Bertz CT molecular complexity index is 294. The molecule has 8 heteroatoms. The third kappa shape index (κ3) is 14.7. The third-order valence-corrected chi connectivity index (χ3v) is 3.18. The van der Waals surface area contributed by atoms with Crippen LogP contribution in [0.1, 0.15) is 40.5 Å². The Morgan fingerprint density at radius 3 is 2.00 bits per heavy atom. The molecule has 0 saturated heterocycles. The summed E-state index contributed by atoms with van der Waals surface area (Å²) < 4.78 is 31.5. The summed E-state index contributed by atoms with van der Waals surface area (Å²) in [5.74, 6) is 0. The zero-order valence-electron chi connectivity index (χ0n) is 13.4. The highest BCUT2D eigenvalue weighted by Gasteiger charge is 2.19. The molecule has 0 amide bonds. The molecule has 0 bridgehead atoms. The van der Waals surface area contributed by atoms with E-state index in [0.717, 1.165) is 19.4 Å². The Hall–Kier alpha value is -0.0100. The fraction of sp³-hybridized carbons (Fsp3) is 1.00. The zero-order chi connectivity index (χ0) is 16.3. The highest BCUT2D eigenvalue weighted by atomic mass is 31.2. The van der Waals surface area contributed by atoms with Gasteiger partial charge in [-0.1, -0.05) is 13.3 Å². The zero-order valence-corrected chi connectivity index (χ0v) is 14.3. The minimum atomic E-state index is -4.46. The van der Waals surface area contributed by atoms with Crippen LogP contribution in [0.15, 0.2) is 0 Å². The largest absolute Gasteiger partial charge is 0.469 e. The first-order chi connectivity index (χ1) is 9.74. The predicted molar refractivity (Wildman–Crippen MR) is 79.1 cm³/mol. The van der Waals surface area contributed by atoms with Crippen LogP contribution < -0.4 is 0 Å². The van der Waals surface area contributed by atoms with E-state index in [1.165, 1.54) is 6.92 Å². The number of phosphoric ester groups is 1. The maximum Gasteiger partial charge on any atom is 0.469 e. The van der Waals surface area contributed by atoms with Crippen LogP contribution in [0.3, 0.4) is 0 Å². The van der Waals surface area contributed by atoms with E-state index in [0.29, 0.717) is 13.2 Å². The second-order valence-electron chi connectivity index (χ2n) is 5.12. The van der Waals surface area contributed by atoms with Gasteiger partial charge in [0.25, 0.3) is 0 Å². The first-order valence-electron chi connectivity index (χ1n) is 7.29. The van der Waals surface area contributed by atoms with Crippen molar-refractivity contribution in [3.63, 3.8) is 0 Å². The Kier molecular flexibility index (Phi) is 11.5. The van der Waals surface area contributed by atoms with E-state index in [9.17, 15) is 4.57 Å². The summed E-state index contributed by atoms with van der Waals surface area (Å²) >= 11 is 0. The summed E-state index contributed by atoms with van der Waals surface area (Å²) in [6.07, 6.45) is 1.27. The molecule has 7 nitrogen and oxygen atoms in total. The van der Waals surface area contributed by atoms with Crippen LogP contribution in [-0.4, -0.2) is 54.5 Å². The van der Waals surface area contributed by atoms with Gasteiger partial charge < -0.3 is 24.0 Å².